The molecule has 4 nitrogen and oxygen atoms in total. The molecule has 0 atom stereocenters. The zero-order valence-corrected chi connectivity index (χ0v) is 13.7. The lowest BCUT2D eigenvalue weighted by atomic mass is 10.0. The van der Waals surface area contributed by atoms with Gasteiger partial charge in [-0.05, 0) is 35.4 Å². The van der Waals surface area contributed by atoms with Crippen LogP contribution in [0.1, 0.15) is 0 Å². The molecule has 1 heterocycles. The highest BCUT2D eigenvalue weighted by Gasteiger charge is 2.14. The number of nitrogens with zero attached hydrogens (tertiary/aromatic N) is 2. The summed E-state index contributed by atoms with van der Waals surface area (Å²) < 4.78 is 11.2. The summed E-state index contributed by atoms with van der Waals surface area (Å²) in [6.45, 7) is 0. The molecule has 3 aromatic carbocycles. The first-order valence-electron chi connectivity index (χ1n) is 7.98. The Morgan fingerprint density at radius 2 is 1.24 bits per heavy atom. The van der Waals surface area contributed by atoms with Crippen LogP contribution in [0.2, 0.25) is 0 Å². The van der Waals surface area contributed by atoms with Crippen LogP contribution >= 0.6 is 0 Å². The molecule has 0 aliphatic heterocycles. The highest BCUT2D eigenvalue weighted by molar-refractivity contribution is 5.68. The average Bonchev–Trinajstić information content (AvgIpc) is 3.19. The second kappa shape index (κ2) is 6.61. The summed E-state index contributed by atoms with van der Waals surface area (Å²) in [5, 5.41) is 8.32. The molecule has 4 aromatic rings. The van der Waals surface area contributed by atoms with E-state index in [-0.39, 0.29) is 0 Å². The van der Waals surface area contributed by atoms with Gasteiger partial charge in [0.1, 0.15) is 5.75 Å². The number of methoxy groups -OCH3 is 1. The van der Waals surface area contributed by atoms with Gasteiger partial charge < -0.3 is 9.15 Å². The van der Waals surface area contributed by atoms with Gasteiger partial charge in [-0.15, -0.1) is 10.2 Å². The average molecular weight is 328 g/mol. The number of rotatable bonds is 4. The molecule has 0 aliphatic carbocycles. The van der Waals surface area contributed by atoms with E-state index in [2.05, 4.69) is 34.5 Å². The zero-order valence-electron chi connectivity index (χ0n) is 13.7. The van der Waals surface area contributed by atoms with Crippen molar-refractivity contribution in [3.63, 3.8) is 0 Å². The molecule has 0 amide bonds. The van der Waals surface area contributed by atoms with Gasteiger partial charge in [-0.2, -0.15) is 0 Å². The van der Waals surface area contributed by atoms with Crippen LogP contribution in [0.3, 0.4) is 0 Å². The predicted octanol–water partition coefficient (Wildman–Crippen LogP) is 5.08. The predicted molar refractivity (Wildman–Crippen MR) is 97.2 cm³/mol. The van der Waals surface area contributed by atoms with E-state index < -0.39 is 0 Å². The van der Waals surface area contributed by atoms with Crippen molar-refractivity contribution >= 4 is 0 Å². The molecule has 0 N–H and O–H groups in total. The van der Waals surface area contributed by atoms with Crippen LogP contribution in [0.15, 0.2) is 83.3 Å². The lowest BCUT2D eigenvalue weighted by Gasteiger charge is -2.03. The van der Waals surface area contributed by atoms with Gasteiger partial charge in [0.25, 0.3) is 5.89 Å². The van der Waals surface area contributed by atoms with Gasteiger partial charge in [0.15, 0.2) is 0 Å². The fourth-order valence-corrected chi connectivity index (χ4v) is 2.71. The van der Waals surface area contributed by atoms with Crippen molar-refractivity contribution in [1.29, 1.82) is 0 Å². The van der Waals surface area contributed by atoms with Gasteiger partial charge in [-0.3, -0.25) is 0 Å². The third-order valence-electron chi connectivity index (χ3n) is 4.00. The second-order valence-electron chi connectivity index (χ2n) is 5.56. The van der Waals surface area contributed by atoms with E-state index >= 15 is 0 Å². The largest absolute Gasteiger partial charge is 0.496 e. The molecule has 4 rings (SSSR count). The van der Waals surface area contributed by atoms with E-state index in [1.54, 1.807) is 7.11 Å². The number of para-hydroxylation sites is 1. The van der Waals surface area contributed by atoms with E-state index in [9.17, 15) is 0 Å². The molecule has 0 aliphatic rings. The van der Waals surface area contributed by atoms with Gasteiger partial charge in [0, 0.05) is 5.56 Å². The summed E-state index contributed by atoms with van der Waals surface area (Å²) in [6.07, 6.45) is 0. The Labute approximate surface area is 145 Å². The van der Waals surface area contributed by atoms with Crippen LogP contribution in [0.5, 0.6) is 5.75 Å². The summed E-state index contributed by atoms with van der Waals surface area (Å²) >= 11 is 0. The van der Waals surface area contributed by atoms with Crippen LogP contribution in [-0.2, 0) is 0 Å². The van der Waals surface area contributed by atoms with E-state index in [1.807, 2.05) is 54.6 Å². The molecule has 0 unspecified atom stereocenters. The SMILES string of the molecule is COc1ccccc1-c1nnc(-c2ccc(-c3ccccc3)cc2)o1. The standard InChI is InChI=1S/C21H16N2O2/c1-24-19-10-6-5-9-18(19)21-23-22-20(25-21)17-13-11-16(12-14-17)15-7-3-2-4-8-15/h2-14H,1H3. The smallest absolute Gasteiger partial charge is 0.251 e. The zero-order chi connectivity index (χ0) is 17.1. The minimum absolute atomic E-state index is 0.444. The highest BCUT2D eigenvalue weighted by Crippen LogP contribution is 2.31. The summed E-state index contributed by atoms with van der Waals surface area (Å²) in [5.41, 5.74) is 3.99. The number of ether oxygens (including phenoxy) is 1. The summed E-state index contributed by atoms with van der Waals surface area (Å²) in [5.74, 6) is 1.64. The van der Waals surface area contributed by atoms with Crippen LogP contribution in [0.4, 0.5) is 0 Å². The molecule has 0 saturated heterocycles. The Kier molecular flexibility index (Phi) is 4.01. The quantitative estimate of drug-likeness (QED) is 0.524. The Bertz CT molecular complexity index is 976. The fourth-order valence-electron chi connectivity index (χ4n) is 2.71. The van der Waals surface area contributed by atoms with Gasteiger partial charge in [0.05, 0.1) is 12.7 Å². The number of aromatic nitrogens is 2. The Morgan fingerprint density at radius 1 is 0.640 bits per heavy atom. The molecule has 0 bridgehead atoms. The van der Waals surface area contributed by atoms with E-state index in [0.717, 1.165) is 16.7 Å². The maximum atomic E-state index is 5.84. The molecule has 0 saturated carbocycles. The molecule has 0 fully saturated rings. The van der Waals surface area contributed by atoms with Gasteiger partial charge in [-0.25, -0.2) is 0 Å². The molecular weight excluding hydrogens is 312 g/mol. The van der Waals surface area contributed by atoms with Gasteiger partial charge in [0.2, 0.25) is 5.89 Å². The van der Waals surface area contributed by atoms with Crippen molar-refractivity contribution in [2.24, 2.45) is 0 Å². The Balaban J connectivity index is 1.64. The first-order valence-corrected chi connectivity index (χ1v) is 7.98. The lowest BCUT2D eigenvalue weighted by molar-refractivity contribution is 0.414. The maximum Gasteiger partial charge on any atom is 0.251 e. The fraction of sp³-hybridized carbons (Fsp3) is 0.0476. The Morgan fingerprint density at radius 3 is 2.00 bits per heavy atom. The summed E-state index contributed by atoms with van der Waals surface area (Å²) in [4.78, 5) is 0. The van der Waals surface area contributed by atoms with Crippen molar-refractivity contribution in [2.45, 2.75) is 0 Å². The monoisotopic (exact) mass is 328 g/mol. The molecule has 0 radical (unpaired) electrons. The van der Waals surface area contributed by atoms with Crippen molar-refractivity contribution in [3.8, 4) is 39.8 Å². The maximum absolute atomic E-state index is 5.84. The molecule has 0 spiro atoms. The van der Waals surface area contributed by atoms with Crippen LogP contribution in [-0.4, -0.2) is 17.3 Å². The molecule has 4 heteroatoms. The van der Waals surface area contributed by atoms with Crippen LogP contribution < -0.4 is 4.74 Å². The minimum Gasteiger partial charge on any atom is -0.496 e. The molecule has 25 heavy (non-hydrogen) atoms. The van der Waals surface area contributed by atoms with Gasteiger partial charge in [-0.1, -0.05) is 54.6 Å². The topological polar surface area (TPSA) is 48.2 Å². The molecule has 122 valence electrons. The number of benzene rings is 3. The Hall–Kier alpha value is -3.40. The first kappa shape index (κ1) is 15.1. The van der Waals surface area contributed by atoms with Crippen molar-refractivity contribution in [1.82, 2.24) is 10.2 Å². The molecule has 1 aromatic heterocycles. The van der Waals surface area contributed by atoms with Gasteiger partial charge >= 0.3 is 0 Å². The second-order valence-corrected chi connectivity index (χ2v) is 5.56. The normalized spacial score (nSPS) is 10.6. The van der Waals surface area contributed by atoms with Crippen LogP contribution in [0.25, 0.3) is 34.0 Å². The summed E-state index contributed by atoms with van der Waals surface area (Å²) in [7, 11) is 1.62. The number of hydrogen-bond acceptors (Lipinski definition) is 4. The summed E-state index contributed by atoms with van der Waals surface area (Å²) in [6, 6.07) is 25.9. The lowest BCUT2D eigenvalue weighted by Crippen LogP contribution is -1.87. The number of hydrogen-bond donors (Lipinski definition) is 0. The van der Waals surface area contributed by atoms with Crippen LogP contribution in [0, 0.1) is 0 Å². The van der Waals surface area contributed by atoms with Crippen molar-refractivity contribution < 1.29 is 9.15 Å². The third kappa shape index (κ3) is 3.02. The van der Waals surface area contributed by atoms with E-state index in [4.69, 9.17) is 9.15 Å². The third-order valence-corrected chi connectivity index (χ3v) is 4.00. The molecular formula is C21H16N2O2. The minimum atomic E-state index is 0.444. The first-order chi connectivity index (χ1) is 12.3. The van der Waals surface area contributed by atoms with E-state index in [0.29, 0.717) is 17.5 Å². The van der Waals surface area contributed by atoms with Crippen molar-refractivity contribution in [3.05, 3.63) is 78.9 Å². The van der Waals surface area contributed by atoms with E-state index in [1.165, 1.54) is 5.56 Å². The van der Waals surface area contributed by atoms with Crippen molar-refractivity contribution in [2.75, 3.05) is 7.11 Å². The highest BCUT2D eigenvalue weighted by atomic mass is 16.5.